The van der Waals surface area contributed by atoms with Crippen molar-refractivity contribution in [2.45, 2.75) is 24.3 Å². The largest absolute Gasteiger partial charge is 0.450 e. The molecule has 0 saturated carbocycles. The van der Waals surface area contributed by atoms with Gasteiger partial charge in [-0.1, -0.05) is 42.5 Å². The van der Waals surface area contributed by atoms with Gasteiger partial charge < -0.3 is 10.1 Å². The van der Waals surface area contributed by atoms with Gasteiger partial charge in [-0.2, -0.15) is 0 Å². The molecular formula is C17H20N2O4S. The fourth-order valence-corrected chi connectivity index (χ4v) is 2.62. The molecule has 0 aromatic heterocycles. The Morgan fingerprint density at radius 1 is 1.00 bits per heavy atom. The molecule has 24 heavy (non-hydrogen) atoms. The molecule has 3 N–H and O–H groups in total. The third-order valence-corrected chi connectivity index (χ3v) is 4.30. The maximum atomic E-state index is 11.6. The number of benzene rings is 2. The second kappa shape index (κ2) is 8.47. The molecule has 0 atom stereocenters. The van der Waals surface area contributed by atoms with Crippen LogP contribution in [-0.4, -0.2) is 21.1 Å². The molecule has 0 aliphatic carbocycles. The molecule has 0 heterocycles. The Morgan fingerprint density at radius 2 is 1.67 bits per heavy atom. The normalized spacial score (nSPS) is 11.0. The molecular weight excluding hydrogens is 328 g/mol. The molecule has 7 heteroatoms. The molecule has 0 aliphatic heterocycles. The van der Waals surface area contributed by atoms with Crippen molar-refractivity contribution in [1.29, 1.82) is 0 Å². The van der Waals surface area contributed by atoms with Gasteiger partial charge in [0.1, 0.15) is 0 Å². The molecule has 128 valence electrons. The molecule has 6 nitrogen and oxygen atoms in total. The molecule has 0 spiro atoms. The van der Waals surface area contributed by atoms with Gasteiger partial charge in [-0.3, -0.25) is 0 Å². The molecule has 0 bridgehead atoms. The Kier molecular flexibility index (Phi) is 6.34. The number of hydrogen-bond donors (Lipinski definition) is 2. The zero-order valence-electron chi connectivity index (χ0n) is 13.1. The number of aryl methyl sites for hydroxylation is 1. The minimum Gasteiger partial charge on any atom is -0.450 e. The first-order valence-corrected chi connectivity index (χ1v) is 9.06. The van der Waals surface area contributed by atoms with Gasteiger partial charge in [0.15, 0.2) is 0 Å². The number of alkyl carbamates (subject to hydrolysis) is 1. The Hall–Kier alpha value is -2.38. The van der Waals surface area contributed by atoms with Gasteiger partial charge in [-0.15, -0.1) is 0 Å². The van der Waals surface area contributed by atoms with Crippen molar-refractivity contribution in [2.75, 3.05) is 6.61 Å². The van der Waals surface area contributed by atoms with Crippen LogP contribution in [0.5, 0.6) is 0 Å². The van der Waals surface area contributed by atoms with Crippen LogP contribution in [0.3, 0.4) is 0 Å². The monoisotopic (exact) mass is 348 g/mol. The van der Waals surface area contributed by atoms with Crippen LogP contribution in [-0.2, 0) is 27.7 Å². The summed E-state index contributed by atoms with van der Waals surface area (Å²) in [6.45, 7) is 0.591. The van der Waals surface area contributed by atoms with E-state index in [1.165, 1.54) is 17.7 Å². The van der Waals surface area contributed by atoms with Crippen molar-refractivity contribution in [1.82, 2.24) is 5.32 Å². The Labute approximate surface area is 141 Å². The minimum atomic E-state index is -3.70. The Bertz CT molecular complexity index is 759. The first-order valence-electron chi connectivity index (χ1n) is 7.51. The van der Waals surface area contributed by atoms with Crippen molar-refractivity contribution < 1.29 is 17.9 Å². The van der Waals surface area contributed by atoms with E-state index in [0.717, 1.165) is 18.4 Å². The first kappa shape index (κ1) is 18.0. The lowest BCUT2D eigenvalue weighted by molar-refractivity contribution is 0.144. The fraction of sp³-hybridized carbons (Fsp3) is 0.235. The average Bonchev–Trinajstić information content (AvgIpc) is 2.57. The number of nitrogens with two attached hydrogens (primary N) is 1. The summed E-state index contributed by atoms with van der Waals surface area (Å²) < 4.78 is 27.4. The van der Waals surface area contributed by atoms with Gasteiger partial charge in [-0.05, 0) is 36.1 Å². The lowest BCUT2D eigenvalue weighted by Crippen LogP contribution is -2.24. The second-order valence-electron chi connectivity index (χ2n) is 5.27. The van der Waals surface area contributed by atoms with Crippen molar-refractivity contribution in [3.05, 3.63) is 65.7 Å². The van der Waals surface area contributed by atoms with Crippen LogP contribution in [0.1, 0.15) is 17.5 Å². The first-order chi connectivity index (χ1) is 11.4. The van der Waals surface area contributed by atoms with Crippen LogP contribution >= 0.6 is 0 Å². The van der Waals surface area contributed by atoms with Gasteiger partial charge in [0.05, 0.1) is 11.5 Å². The van der Waals surface area contributed by atoms with E-state index in [4.69, 9.17) is 9.88 Å². The summed E-state index contributed by atoms with van der Waals surface area (Å²) in [7, 11) is -3.70. The predicted octanol–water partition coefficient (Wildman–Crippen LogP) is 2.19. The standard InChI is InChI=1S/C17H20N2O4S/c18-24(21,22)16-10-8-15(9-11-16)13-19-17(20)23-12-4-7-14-5-2-1-3-6-14/h1-3,5-6,8-11H,4,7,12-13H2,(H,19,20)(H2,18,21,22). The van der Waals surface area contributed by atoms with Crippen molar-refractivity contribution in [2.24, 2.45) is 5.14 Å². The molecule has 2 rings (SSSR count). The van der Waals surface area contributed by atoms with E-state index in [1.807, 2.05) is 30.3 Å². The highest BCUT2D eigenvalue weighted by Gasteiger charge is 2.07. The number of primary sulfonamides is 1. The van der Waals surface area contributed by atoms with Crippen LogP contribution in [0.15, 0.2) is 59.5 Å². The molecule has 2 aromatic rings. The van der Waals surface area contributed by atoms with Crippen LogP contribution in [0.4, 0.5) is 4.79 Å². The van der Waals surface area contributed by atoms with Crippen LogP contribution in [0.2, 0.25) is 0 Å². The van der Waals surface area contributed by atoms with Crippen LogP contribution < -0.4 is 10.5 Å². The summed E-state index contributed by atoms with van der Waals surface area (Å²) in [5.74, 6) is 0. The lowest BCUT2D eigenvalue weighted by atomic mass is 10.1. The summed E-state index contributed by atoms with van der Waals surface area (Å²) >= 11 is 0. The smallest absolute Gasteiger partial charge is 0.407 e. The van der Waals surface area contributed by atoms with Gasteiger partial charge in [0, 0.05) is 6.54 Å². The predicted molar refractivity (Wildman–Crippen MR) is 90.8 cm³/mol. The van der Waals surface area contributed by atoms with Gasteiger partial charge in [-0.25, -0.2) is 18.4 Å². The second-order valence-corrected chi connectivity index (χ2v) is 6.83. The summed E-state index contributed by atoms with van der Waals surface area (Å²) in [5, 5.41) is 7.64. The number of rotatable bonds is 7. The summed E-state index contributed by atoms with van der Waals surface area (Å²) in [6, 6.07) is 16.0. The van der Waals surface area contributed by atoms with Crippen LogP contribution in [0.25, 0.3) is 0 Å². The van der Waals surface area contributed by atoms with Gasteiger partial charge >= 0.3 is 6.09 Å². The molecule has 0 fully saturated rings. The quantitative estimate of drug-likeness (QED) is 0.749. The summed E-state index contributed by atoms with van der Waals surface area (Å²) in [4.78, 5) is 11.6. The molecule has 1 amide bonds. The van der Waals surface area contributed by atoms with E-state index in [9.17, 15) is 13.2 Å². The van der Waals surface area contributed by atoms with Crippen molar-refractivity contribution in [3.63, 3.8) is 0 Å². The van der Waals surface area contributed by atoms with Gasteiger partial charge in [0.2, 0.25) is 10.0 Å². The Morgan fingerprint density at radius 3 is 2.29 bits per heavy atom. The average molecular weight is 348 g/mol. The highest BCUT2D eigenvalue weighted by atomic mass is 32.2. The van der Waals surface area contributed by atoms with E-state index < -0.39 is 16.1 Å². The number of carbonyl (C=O) groups excluding carboxylic acids is 1. The van der Waals surface area contributed by atoms with Crippen molar-refractivity contribution in [3.8, 4) is 0 Å². The van der Waals surface area contributed by atoms with Gasteiger partial charge in [0.25, 0.3) is 0 Å². The molecule has 0 saturated heterocycles. The third-order valence-electron chi connectivity index (χ3n) is 3.37. The number of amides is 1. The van der Waals surface area contributed by atoms with E-state index in [1.54, 1.807) is 12.1 Å². The van der Waals surface area contributed by atoms with E-state index >= 15 is 0 Å². The molecule has 0 unspecified atom stereocenters. The number of ether oxygens (including phenoxy) is 1. The van der Waals surface area contributed by atoms with Crippen molar-refractivity contribution >= 4 is 16.1 Å². The van der Waals surface area contributed by atoms with E-state index in [-0.39, 0.29) is 11.4 Å². The third kappa shape index (κ3) is 6.02. The highest BCUT2D eigenvalue weighted by Crippen LogP contribution is 2.08. The zero-order chi connectivity index (χ0) is 17.4. The highest BCUT2D eigenvalue weighted by molar-refractivity contribution is 7.89. The summed E-state index contributed by atoms with van der Waals surface area (Å²) in [5.41, 5.74) is 1.96. The Balaban J connectivity index is 1.67. The molecule has 0 aliphatic rings. The fourth-order valence-electron chi connectivity index (χ4n) is 2.11. The maximum Gasteiger partial charge on any atom is 0.407 e. The summed E-state index contributed by atoms with van der Waals surface area (Å²) in [6.07, 6.45) is 1.10. The topological polar surface area (TPSA) is 98.5 Å². The number of sulfonamides is 1. The van der Waals surface area contributed by atoms with Crippen LogP contribution in [0, 0.1) is 0 Å². The van der Waals surface area contributed by atoms with E-state index in [0.29, 0.717) is 6.61 Å². The molecule has 2 aromatic carbocycles. The van der Waals surface area contributed by atoms with E-state index in [2.05, 4.69) is 5.32 Å². The SMILES string of the molecule is NS(=O)(=O)c1ccc(CNC(=O)OCCCc2ccccc2)cc1. The maximum absolute atomic E-state index is 11.6. The lowest BCUT2D eigenvalue weighted by Gasteiger charge is -2.07. The zero-order valence-corrected chi connectivity index (χ0v) is 14.0. The number of hydrogen-bond acceptors (Lipinski definition) is 4. The minimum absolute atomic E-state index is 0.0368. The number of carbonyl (C=O) groups is 1. The number of nitrogens with one attached hydrogen (secondary N) is 1. The molecule has 0 radical (unpaired) electrons.